The van der Waals surface area contributed by atoms with Crippen LogP contribution >= 0.6 is 0 Å². The molecule has 1 aromatic carbocycles. The summed E-state index contributed by atoms with van der Waals surface area (Å²) in [5.41, 5.74) is 5.39. The highest BCUT2D eigenvalue weighted by atomic mass is 14.6. The topological polar surface area (TPSA) is 25.2 Å². The van der Waals surface area contributed by atoms with Crippen molar-refractivity contribution in [3.05, 3.63) is 89.4 Å². The molecule has 25 heavy (non-hydrogen) atoms. The van der Waals surface area contributed by atoms with E-state index in [0.717, 1.165) is 12.8 Å². The predicted octanol–water partition coefficient (Wildman–Crippen LogP) is 6.36. The molecule has 3 rings (SSSR count). The summed E-state index contributed by atoms with van der Waals surface area (Å²) in [6.45, 7) is 9.89. The van der Waals surface area contributed by atoms with Crippen molar-refractivity contribution < 1.29 is 0 Å². The van der Waals surface area contributed by atoms with Crippen molar-refractivity contribution in [2.24, 2.45) is 4.99 Å². The van der Waals surface area contributed by atoms with E-state index >= 15 is 0 Å². The Labute approximate surface area is 151 Å². The highest BCUT2D eigenvalue weighted by molar-refractivity contribution is 5.84. The zero-order valence-electron chi connectivity index (χ0n) is 15.4. The molecule has 0 fully saturated rings. The molecule has 1 aliphatic rings. The summed E-state index contributed by atoms with van der Waals surface area (Å²) < 4.78 is 0. The smallest absolute Gasteiger partial charge is 0.0346 e. The number of pyridine rings is 1. The molecule has 1 aromatic heterocycles. The van der Waals surface area contributed by atoms with E-state index in [9.17, 15) is 0 Å². The summed E-state index contributed by atoms with van der Waals surface area (Å²) >= 11 is 0. The average molecular weight is 330 g/mol. The van der Waals surface area contributed by atoms with E-state index in [-0.39, 0.29) is 0 Å². The van der Waals surface area contributed by atoms with Crippen molar-refractivity contribution in [1.82, 2.24) is 4.98 Å². The van der Waals surface area contributed by atoms with Gasteiger partial charge in [0.05, 0.1) is 0 Å². The van der Waals surface area contributed by atoms with Crippen molar-refractivity contribution in [2.75, 3.05) is 0 Å². The lowest BCUT2D eigenvalue weighted by atomic mass is 9.98. The fourth-order valence-corrected chi connectivity index (χ4v) is 2.90. The molecular formula is C23H26N2. The molecule has 0 spiro atoms. The third-order valence-corrected chi connectivity index (χ3v) is 4.32. The number of benzene rings is 1. The summed E-state index contributed by atoms with van der Waals surface area (Å²) in [6.07, 6.45) is 16.1. The number of allylic oxidation sites excluding steroid dienone is 7. The van der Waals surface area contributed by atoms with Gasteiger partial charge in [0.15, 0.2) is 0 Å². The van der Waals surface area contributed by atoms with Crippen molar-refractivity contribution in [1.29, 1.82) is 0 Å². The minimum Gasteiger partial charge on any atom is -0.272 e. The van der Waals surface area contributed by atoms with Crippen molar-refractivity contribution in [3.63, 3.8) is 0 Å². The average Bonchev–Trinajstić information content (AvgIpc) is 2.82. The predicted molar refractivity (Wildman–Crippen MR) is 110 cm³/mol. The second-order valence-electron chi connectivity index (χ2n) is 6.02. The van der Waals surface area contributed by atoms with Crippen LogP contribution in [0.1, 0.15) is 32.3 Å². The summed E-state index contributed by atoms with van der Waals surface area (Å²) in [6, 6.07) is 8.29. The summed E-state index contributed by atoms with van der Waals surface area (Å²) in [5, 5.41) is 2.51. The zero-order valence-corrected chi connectivity index (χ0v) is 15.4. The fraction of sp³-hybridized carbons (Fsp3) is 0.217. The Morgan fingerprint density at radius 2 is 2.08 bits per heavy atom. The Morgan fingerprint density at radius 3 is 2.80 bits per heavy atom. The standard InChI is InChI=1S/C13H17N.C10H9N/c1-4-12-8-6-5-7-11(2)13(12)9-10-14-3;1-8-3-2-4-9-7-11-6-5-10(8)9/h5-7,9-10H,3-4,8H2,1-2H3;2-7H,1H3/b10-9-;. The van der Waals surface area contributed by atoms with Gasteiger partial charge in [-0.3, -0.25) is 9.98 Å². The zero-order chi connectivity index (χ0) is 18.1. The molecule has 1 heterocycles. The number of aliphatic imine (C=N–C) groups is 1. The summed E-state index contributed by atoms with van der Waals surface area (Å²) in [5.74, 6) is 0. The molecule has 0 saturated carbocycles. The maximum atomic E-state index is 4.05. The quantitative estimate of drug-likeness (QED) is 0.601. The monoisotopic (exact) mass is 330 g/mol. The molecule has 2 nitrogen and oxygen atoms in total. The molecule has 0 saturated heterocycles. The lowest BCUT2D eigenvalue weighted by Crippen LogP contribution is -1.88. The third kappa shape index (κ3) is 5.12. The van der Waals surface area contributed by atoms with Gasteiger partial charge >= 0.3 is 0 Å². The van der Waals surface area contributed by atoms with Gasteiger partial charge in [-0.05, 0) is 67.6 Å². The van der Waals surface area contributed by atoms with Crippen molar-refractivity contribution in [3.8, 4) is 0 Å². The number of rotatable bonds is 3. The van der Waals surface area contributed by atoms with Gasteiger partial charge in [-0.2, -0.15) is 0 Å². The van der Waals surface area contributed by atoms with Crippen LogP contribution in [0.15, 0.2) is 88.9 Å². The first-order valence-electron chi connectivity index (χ1n) is 8.65. The van der Waals surface area contributed by atoms with Crippen molar-refractivity contribution >= 4 is 17.5 Å². The van der Waals surface area contributed by atoms with Gasteiger partial charge in [-0.25, -0.2) is 0 Å². The highest BCUT2D eigenvalue weighted by Crippen LogP contribution is 2.24. The number of hydrogen-bond acceptors (Lipinski definition) is 2. The Kier molecular flexibility index (Phi) is 7.09. The van der Waals surface area contributed by atoms with Gasteiger partial charge in [0, 0.05) is 24.0 Å². The van der Waals surface area contributed by atoms with E-state index < -0.39 is 0 Å². The molecule has 0 bridgehead atoms. The molecule has 0 aliphatic heterocycles. The number of nitrogens with zero attached hydrogens (tertiary/aromatic N) is 2. The van der Waals surface area contributed by atoms with Gasteiger partial charge in [0.25, 0.3) is 0 Å². The summed E-state index contributed by atoms with van der Waals surface area (Å²) in [7, 11) is 0. The second kappa shape index (κ2) is 9.53. The van der Waals surface area contributed by atoms with E-state index in [2.05, 4.69) is 73.9 Å². The molecule has 0 N–H and O–H groups in total. The molecule has 2 aromatic rings. The van der Waals surface area contributed by atoms with Crippen LogP contribution in [0.3, 0.4) is 0 Å². The summed E-state index contributed by atoms with van der Waals surface area (Å²) in [4.78, 5) is 7.81. The van der Waals surface area contributed by atoms with Gasteiger partial charge < -0.3 is 0 Å². The van der Waals surface area contributed by atoms with Crippen LogP contribution in [0.2, 0.25) is 0 Å². The number of hydrogen-bond donors (Lipinski definition) is 0. The molecule has 0 atom stereocenters. The molecule has 128 valence electrons. The Hall–Kier alpha value is -2.74. The third-order valence-electron chi connectivity index (χ3n) is 4.32. The van der Waals surface area contributed by atoms with E-state index in [1.54, 1.807) is 6.20 Å². The lowest BCUT2D eigenvalue weighted by Gasteiger charge is -2.07. The van der Waals surface area contributed by atoms with Crippen LogP contribution < -0.4 is 0 Å². The van der Waals surface area contributed by atoms with Crippen LogP contribution in [0.25, 0.3) is 10.8 Å². The van der Waals surface area contributed by atoms with Crippen LogP contribution in [-0.2, 0) is 0 Å². The highest BCUT2D eigenvalue weighted by Gasteiger charge is 2.05. The van der Waals surface area contributed by atoms with E-state index in [1.807, 2.05) is 24.5 Å². The van der Waals surface area contributed by atoms with Gasteiger partial charge in [0.1, 0.15) is 0 Å². The molecular weight excluding hydrogens is 304 g/mol. The van der Waals surface area contributed by atoms with Gasteiger partial charge in [0.2, 0.25) is 0 Å². The SMILES string of the molecule is C=N/C=C\C1=C(CC)CC=CC=C1C.Cc1cccc2cnccc12. The second-order valence-corrected chi connectivity index (χ2v) is 6.02. The molecule has 0 radical (unpaired) electrons. The maximum Gasteiger partial charge on any atom is 0.0346 e. The van der Waals surface area contributed by atoms with Gasteiger partial charge in [-0.15, -0.1) is 0 Å². The fourth-order valence-electron chi connectivity index (χ4n) is 2.90. The largest absolute Gasteiger partial charge is 0.272 e. The van der Waals surface area contributed by atoms with E-state index in [0.29, 0.717) is 0 Å². The minimum atomic E-state index is 1.04. The number of aryl methyl sites for hydroxylation is 1. The minimum absolute atomic E-state index is 1.04. The van der Waals surface area contributed by atoms with Crippen LogP contribution in [0.4, 0.5) is 0 Å². The van der Waals surface area contributed by atoms with Crippen LogP contribution in [0.5, 0.6) is 0 Å². The maximum absolute atomic E-state index is 4.05. The first-order chi connectivity index (χ1) is 12.2. The first-order valence-corrected chi connectivity index (χ1v) is 8.65. The van der Waals surface area contributed by atoms with Crippen LogP contribution in [0, 0.1) is 6.92 Å². The van der Waals surface area contributed by atoms with Crippen LogP contribution in [-0.4, -0.2) is 11.7 Å². The number of fused-ring (bicyclic) bond motifs is 1. The van der Waals surface area contributed by atoms with E-state index in [1.165, 1.54) is 33.1 Å². The Balaban J connectivity index is 0.000000185. The van der Waals surface area contributed by atoms with Crippen molar-refractivity contribution in [2.45, 2.75) is 33.6 Å². The Morgan fingerprint density at radius 1 is 1.24 bits per heavy atom. The normalized spacial score (nSPS) is 14.1. The first kappa shape index (κ1) is 18.6. The van der Waals surface area contributed by atoms with Gasteiger partial charge in [-0.1, -0.05) is 48.9 Å². The molecule has 0 amide bonds. The molecule has 0 unspecified atom stereocenters. The van der Waals surface area contributed by atoms with E-state index in [4.69, 9.17) is 0 Å². The Bertz CT molecular complexity index is 846. The molecule has 1 aliphatic carbocycles. The molecule has 2 heteroatoms. The number of aromatic nitrogens is 1. The lowest BCUT2D eigenvalue weighted by molar-refractivity contribution is 1.01.